The lowest BCUT2D eigenvalue weighted by molar-refractivity contribution is 0.744. The molecule has 1 unspecified atom stereocenters. The van der Waals surface area contributed by atoms with Gasteiger partial charge in [0.1, 0.15) is 5.84 Å². The standard InChI is InChI=1S/C7H13N3/c1-3-6-7(8)10-5(2)4-9-6/h5H,3-4H2,1-2H3,(H2,8,10). The zero-order valence-corrected chi connectivity index (χ0v) is 6.46. The summed E-state index contributed by atoms with van der Waals surface area (Å²) in [4.78, 5) is 8.47. The van der Waals surface area contributed by atoms with Gasteiger partial charge in [0, 0.05) is 0 Å². The third kappa shape index (κ3) is 1.35. The predicted molar refractivity (Wildman–Crippen MR) is 43.7 cm³/mol. The van der Waals surface area contributed by atoms with Crippen LogP contribution in [0.4, 0.5) is 0 Å². The molecule has 1 atom stereocenters. The fourth-order valence-corrected chi connectivity index (χ4v) is 0.969. The van der Waals surface area contributed by atoms with Crippen molar-refractivity contribution in [1.29, 1.82) is 0 Å². The molecule has 10 heavy (non-hydrogen) atoms. The van der Waals surface area contributed by atoms with Crippen LogP contribution in [-0.4, -0.2) is 24.1 Å². The van der Waals surface area contributed by atoms with Crippen molar-refractivity contribution in [2.75, 3.05) is 6.54 Å². The van der Waals surface area contributed by atoms with Crippen molar-refractivity contribution in [2.45, 2.75) is 26.3 Å². The Morgan fingerprint density at radius 3 is 2.90 bits per heavy atom. The Hall–Kier alpha value is -0.860. The average Bonchev–Trinajstić information content (AvgIpc) is 1.88. The molecule has 1 heterocycles. The monoisotopic (exact) mass is 139 g/mol. The predicted octanol–water partition coefficient (Wildman–Crippen LogP) is 0.597. The molecule has 0 amide bonds. The van der Waals surface area contributed by atoms with E-state index >= 15 is 0 Å². The van der Waals surface area contributed by atoms with Gasteiger partial charge in [-0.25, -0.2) is 0 Å². The van der Waals surface area contributed by atoms with E-state index in [-0.39, 0.29) is 6.04 Å². The first-order valence-corrected chi connectivity index (χ1v) is 3.61. The summed E-state index contributed by atoms with van der Waals surface area (Å²) in [5.74, 6) is 0.626. The summed E-state index contributed by atoms with van der Waals surface area (Å²) in [7, 11) is 0. The lowest BCUT2D eigenvalue weighted by Crippen LogP contribution is -2.30. The van der Waals surface area contributed by atoms with Gasteiger partial charge in [-0.15, -0.1) is 0 Å². The molecule has 0 aliphatic carbocycles. The number of hydrogen-bond donors (Lipinski definition) is 1. The quantitative estimate of drug-likeness (QED) is 0.568. The molecule has 3 nitrogen and oxygen atoms in total. The van der Waals surface area contributed by atoms with Crippen molar-refractivity contribution in [3.8, 4) is 0 Å². The highest BCUT2D eigenvalue weighted by atomic mass is 15.0. The largest absolute Gasteiger partial charge is 0.382 e. The third-order valence-electron chi connectivity index (χ3n) is 1.54. The summed E-state index contributed by atoms with van der Waals surface area (Å²) >= 11 is 0. The highest BCUT2D eigenvalue weighted by Gasteiger charge is 2.10. The normalized spacial score (nSPS) is 25.6. The number of aliphatic imine (C=N–C) groups is 2. The SMILES string of the molecule is CCC1=NCC(C)N=C1N. The first kappa shape index (κ1) is 7.25. The van der Waals surface area contributed by atoms with Crippen LogP contribution in [0, 0.1) is 0 Å². The molecular formula is C7H13N3. The first-order valence-electron chi connectivity index (χ1n) is 3.61. The van der Waals surface area contributed by atoms with E-state index in [1.54, 1.807) is 0 Å². The zero-order chi connectivity index (χ0) is 7.56. The second kappa shape index (κ2) is 2.82. The van der Waals surface area contributed by atoms with Gasteiger partial charge < -0.3 is 5.73 Å². The van der Waals surface area contributed by atoms with E-state index in [4.69, 9.17) is 5.73 Å². The molecular weight excluding hydrogens is 126 g/mol. The van der Waals surface area contributed by atoms with Crippen molar-refractivity contribution in [3.63, 3.8) is 0 Å². The Balaban J connectivity index is 2.71. The van der Waals surface area contributed by atoms with Crippen LogP contribution in [0.25, 0.3) is 0 Å². The Labute approximate surface area is 61.1 Å². The van der Waals surface area contributed by atoms with Crippen molar-refractivity contribution < 1.29 is 0 Å². The fraction of sp³-hybridized carbons (Fsp3) is 0.714. The summed E-state index contributed by atoms with van der Waals surface area (Å²) in [6.07, 6.45) is 0.891. The maximum absolute atomic E-state index is 5.60. The van der Waals surface area contributed by atoms with Gasteiger partial charge in [-0.1, -0.05) is 6.92 Å². The van der Waals surface area contributed by atoms with Crippen LogP contribution in [0.2, 0.25) is 0 Å². The van der Waals surface area contributed by atoms with Crippen molar-refractivity contribution >= 4 is 11.5 Å². The lowest BCUT2D eigenvalue weighted by Gasteiger charge is -2.13. The van der Waals surface area contributed by atoms with Gasteiger partial charge in [0.25, 0.3) is 0 Å². The van der Waals surface area contributed by atoms with Crippen LogP contribution in [0.15, 0.2) is 9.98 Å². The molecule has 3 heteroatoms. The zero-order valence-electron chi connectivity index (χ0n) is 6.46. The maximum atomic E-state index is 5.60. The highest BCUT2D eigenvalue weighted by molar-refractivity contribution is 6.41. The number of rotatable bonds is 1. The second-order valence-corrected chi connectivity index (χ2v) is 2.50. The van der Waals surface area contributed by atoms with Gasteiger partial charge in [0.05, 0.1) is 18.3 Å². The Kier molecular flexibility index (Phi) is 2.04. The second-order valence-electron chi connectivity index (χ2n) is 2.50. The van der Waals surface area contributed by atoms with Crippen molar-refractivity contribution in [3.05, 3.63) is 0 Å². The van der Waals surface area contributed by atoms with Crippen LogP contribution < -0.4 is 5.73 Å². The Bertz CT molecular complexity index is 181. The van der Waals surface area contributed by atoms with Gasteiger partial charge in [0.2, 0.25) is 0 Å². The van der Waals surface area contributed by atoms with Gasteiger partial charge in [-0.05, 0) is 13.3 Å². The molecule has 0 radical (unpaired) electrons. The lowest BCUT2D eigenvalue weighted by atomic mass is 10.2. The first-order chi connectivity index (χ1) is 4.74. The minimum atomic E-state index is 0.273. The Morgan fingerprint density at radius 2 is 2.40 bits per heavy atom. The van der Waals surface area contributed by atoms with Crippen LogP contribution in [0.3, 0.4) is 0 Å². The highest BCUT2D eigenvalue weighted by Crippen LogP contribution is 2.00. The molecule has 0 aromatic rings. The van der Waals surface area contributed by atoms with E-state index in [1.165, 1.54) is 0 Å². The minimum Gasteiger partial charge on any atom is -0.382 e. The topological polar surface area (TPSA) is 50.7 Å². The molecule has 0 aromatic carbocycles. The summed E-state index contributed by atoms with van der Waals surface area (Å²) < 4.78 is 0. The van der Waals surface area contributed by atoms with Crippen molar-refractivity contribution in [1.82, 2.24) is 0 Å². The van der Waals surface area contributed by atoms with Crippen molar-refractivity contribution in [2.24, 2.45) is 15.7 Å². The van der Waals surface area contributed by atoms with E-state index < -0.39 is 0 Å². The van der Waals surface area contributed by atoms with E-state index in [1.807, 2.05) is 13.8 Å². The molecule has 1 rings (SSSR count). The average molecular weight is 139 g/mol. The number of amidine groups is 1. The number of hydrogen-bond acceptors (Lipinski definition) is 3. The third-order valence-corrected chi connectivity index (χ3v) is 1.54. The van der Waals surface area contributed by atoms with Gasteiger partial charge in [-0.2, -0.15) is 0 Å². The fourth-order valence-electron chi connectivity index (χ4n) is 0.969. The molecule has 2 N–H and O–H groups in total. The molecule has 0 aromatic heterocycles. The molecule has 0 fully saturated rings. The summed E-state index contributed by atoms with van der Waals surface area (Å²) in [5.41, 5.74) is 6.56. The number of nitrogens with zero attached hydrogens (tertiary/aromatic N) is 2. The van der Waals surface area contributed by atoms with E-state index in [0.717, 1.165) is 18.7 Å². The molecule has 0 saturated heterocycles. The molecule has 1 aliphatic rings. The molecule has 0 bridgehead atoms. The summed E-state index contributed by atoms with van der Waals surface area (Å²) in [5, 5.41) is 0. The molecule has 0 spiro atoms. The molecule has 1 aliphatic heterocycles. The Morgan fingerprint density at radius 1 is 1.70 bits per heavy atom. The molecule has 56 valence electrons. The van der Waals surface area contributed by atoms with Gasteiger partial charge in [-0.3, -0.25) is 9.98 Å². The maximum Gasteiger partial charge on any atom is 0.140 e. The smallest absolute Gasteiger partial charge is 0.140 e. The number of nitrogens with two attached hydrogens (primary N) is 1. The van der Waals surface area contributed by atoms with E-state index in [9.17, 15) is 0 Å². The molecule has 0 saturated carbocycles. The van der Waals surface area contributed by atoms with Gasteiger partial charge >= 0.3 is 0 Å². The van der Waals surface area contributed by atoms with E-state index in [0.29, 0.717) is 5.84 Å². The van der Waals surface area contributed by atoms with Crippen LogP contribution in [-0.2, 0) is 0 Å². The minimum absolute atomic E-state index is 0.273. The van der Waals surface area contributed by atoms with Gasteiger partial charge in [0.15, 0.2) is 0 Å². The summed E-state index contributed by atoms with van der Waals surface area (Å²) in [6.45, 7) is 4.85. The van der Waals surface area contributed by atoms with Crippen LogP contribution in [0.1, 0.15) is 20.3 Å². The van der Waals surface area contributed by atoms with Crippen LogP contribution >= 0.6 is 0 Å². The summed E-state index contributed by atoms with van der Waals surface area (Å²) in [6, 6.07) is 0.273. The van der Waals surface area contributed by atoms with Crippen LogP contribution in [0.5, 0.6) is 0 Å². The van der Waals surface area contributed by atoms with E-state index in [2.05, 4.69) is 9.98 Å².